The first kappa shape index (κ1) is 62.0. The van der Waals surface area contributed by atoms with Crippen molar-refractivity contribution in [1.29, 1.82) is 0 Å². The Morgan fingerprint density at radius 3 is 1.00 bits per heavy atom. The Balaban J connectivity index is 0.000000141. The predicted octanol–water partition coefficient (Wildman–Crippen LogP) is 27.5. The van der Waals surface area contributed by atoms with Gasteiger partial charge in [0.05, 0.1) is 33.1 Å². The Labute approximate surface area is 616 Å². The molecule has 0 aliphatic heterocycles. The van der Waals surface area contributed by atoms with Crippen LogP contribution < -0.4 is 0 Å². The molecule has 1 aliphatic rings. The van der Waals surface area contributed by atoms with Crippen LogP contribution in [0.15, 0.2) is 413 Å². The van der Waals surface area contributed by atoms with Crippen LogP contribution in [0.3, 0.4) is 0 Å². The smallest absolute Gasteiger partial charge is 0.0547 e. The van der Waals surface area contributed by atoms with E-state index in [4.69, 9.17) is 0 Å². The molecule has 0 saturated heterocycles. The fourth-order valence-corrected chi connectivity index (χ4v) is 16.9. The molecule has 17 aromatic carbocycles. The molecule has 106 heavy (non-hydrogen) atoms. The molecule has 496 valence electrons. The van der Waals surface area contributed by atoms with E-state index in [-0.39, 0.29) is 5.92 Å². The third-order valence-corrected chi connectivity index (χ3v) is 21.8. The first-order valence-corrected chi connectivity index (χ1v) is 36.7. The highest BCUT2D eigenvalue weighted by Crippen LogP contribution is 2.51. The summed E-state index contributed by atoms with van der Waals surface area (Å²) < 4.78 is 7.22. The number of hydrogen-bond donors (Lipinski definition) is 0. The lowest BCUT2D eigenvalue weighted by atomic mass is 9.88. The maximum absolute atomic E-state index is 2.43. The van der Waals surface area contributed by atoms with Gasteiger partial charge in [-0.05, 0) is 209 Å². The molecule has 3 nitrogen and oxygen atoms in total. The molecule has 0 spiro atoms. The summed E-state index contributed by atoms with van der Waals surface area (Å²) in [6, 6.07) is 150. The molecule has 0 radical (unpaired) electrons. The van der Waals surface area contributed by atoms with E-state index in [2.05, 4.69) is 426 Å². The van der Waals surface area contributed by atoms with Gasteiger partial charge < -0.3 is 13.7 Å². The monoisotopic (exact) mass is 1350 g/mol. The Bertz CT molecular complexity index is 6630. The highest BCUT2D eigenvalue weighted by molar-refractivity contribution is 6.18. The Hall–Kier alpha value is -13.9. The molecule has 3 heterocycles. The Morgan fingerprint density at radius 2 is 0.481 bits per heavy atom. The minimum atomic E-state index is 0.239. The van der Waals surface area contributed by atoms with Gasteiger partial charge in [-0.2, -0.15) is 0 Å². The SMILES string of the molecule is c1ccc(-c2cc(-c3ccccc3)cc(-c3ccc(-n4c5ccccc5c5c(-c6ccc7c(c6)-c6ccccc6C7c6ccccc6)cccc54)cc3)c2)cc1.c1ccc(-c2ccc(-c3ccc(-n4c5ccccc5c5c(-c6ccc7c(c6)c6ccccc6n7-c6ccccc6)cccc54)cc3)cc2)cc1. The van der Waals surface area contributed by atoms with Crippen LogP contribution in [0.4, 0.5) is 0 Å². The van der Waals surface area contributed by atoms with Crippen molar-refractivity contribution in [3.05, 3.63) is 429 Å². The molecule has 21 rings (SSSR count). The van der Waals surface area contributed by atoms with Crippen LogP contribution in [0.2, 0.25) is 0 Å². The van der Waals surface area contributed by atoms with Crippen LogP contribution in [0.5, 0.6) is 0 Å². The predicted molar refractivity (Wildman–Crippen MR) is 447 cm³/mol. The van der Waals surface area contributed by atoms with E-state index in [1.807, 2.05) is 0 Å². The maximum Gasteiger partial charge on any atom is 0.0547 e. The quantitative estimate of drug-likeness (QED) is 0.123. The summed E-state index contributed by atoms with van der Waals surface area (Å²) in [5, 5.41) is 7.59. The van der Waals surface area contributed by atoms with Gasteiger partial charge in [-0.1, -0.05) is 309 Å². The lowest BCUT2D eigenvalue weighted by Gasteiger charge is -2.15. The molecule has 3 heteroatoms. The zero-order valence-electron chi connectivity index (χ0n) is 58.2. The standard InChI is InChI=1S/C55H37N.C48H32N2/c1-4-15-37(16-5-1)42-33-43(38-17-6-2-7-18-38)35-44(34-42)39-27-30-45(31-28-39)56-52-25-13-12-23-50(52)55-46(24-14-26-53(55)56)41-29-32-49-51(36-41)47-21-10-11-22-48(47)54(49)40-19-8-3-9-20-40;1-3-12-33(13-4-1)34-22-24-35(25-23-34)36-26-29-39(30-27-36)50-45-20-10-8-17-42(45)48-40(18-11-21-47(48)50)37-28-31-46-43(32-37)41-16-7-9-19-44(41)49(46)38-14-5-2-6-15-38/h1-36,54H;1-32H. The average Bonchev–Trinajstić information content (AvgIpc) is 1.57. The molecular weight excluding hydrogens is 1280 g/mol. The van der Waals surface area contributed by atoms with Crippen LogP contribution in [-0.2, 0) is 0 Å². The molecular formula is C103H69N3. The molecule has 1 aliphatic carbocycles. The van der Waals surface area contributed by atoms with E-state index in [0.717, 1.165) is 11.4 Å². The topological polar surface area (TPSA) is 14.8 Å². The van der Waals surface area contributed by atoms with Gasteiger partial charge in [0.15, 0.2) is 0 Å². The first-order valence-electron chi connectivity index (χ1n) is 36.7. The lowest BCUT2D eigenvalue weighted by Crippen LogP contribution is -1.98. The summed E-state index contributed by atoms with van der Waals surface area (Å²) in [5.74, 6) is 0.239. The minimum Gasteiger partial charge on any atom is -0.309 e. The van der Waals surface area contributed by atoms with Gasteiger partial charge in [0.2, 0.25) is 0 Å². The van der Waals surface area contributed by atoms with Crippen molar-refractivity contribution in [3.8, 4) is 106 Å². The fraction of sp³-hybridized carbons (Fsp3) is 0.00971. The van der Waals surface area contributed by atoms with Crippen molar-refractivity contribution in [1.82, 2.24) is 13.7 Å². The second-order valence-electron chi connectivity index (χ2n) is 27.8. The molecule has 1 unspecified atom stereocenters. The summed E-state index contributed by atoms with van der Waals surface area (Å²) in [5.41, 5.74) is 34.6. The third kappa shape index (κ3) is 10.7. The van der Waals surface area contributed by atoms with E-state index in [1.165, 1.54) is 177 Å². The highest BCUT2D eigenvalue weighted by atomic mass is 15.0. The Kier molecular flexibility index (Phi) is 15.3. The summed E-state index contributed by atoms with van der Waals surface area (Å²) in [7, 11) is 0. The zero-order valence-corrected chi connectivity index (χ0v) is 58.2. The molecule has 0 fully saturated rings. The van der Waals surface area contributed by atoms with Crippen LogP contribution in [0.25, 0.3) is 171 Å². The summed E-state index contributed by atoms with van der Waals surface area (Å²) in [6.45, 7) is 0. The van der Waals surface area contributed by atoms with Crippen LogP contribution in [0, 0.1) is 0 Å². The number of fused-ring (bicyclic) bond motifs is 12. The molecule has 1 atom stereocenters. The average molecular weight is 1350 g/mol. The maximum atomic E-state index is 2.43. The number of rotatable bonds is 11. The van der Waals surface area contributed by atoms with E-state index >= 15 is 0 Å². The largest absolute Gasteiger partial charge is 0.309 e. The van der Waals surface area contributed by atoms with Crippen molar-refractivity contribution >= 4 is 65.4 Å². The van der Waals surface area contributed by atoms with Gasteiger partial charge >= 0.3 is 0 Å². The lowest BCUT2D eigenvalue weighted by molar-refractivity contribution is 1.02. The zero-order chi connectivity index (χ0) is 70.0. The summed E-state index contributed by atoms with van der Waals surface area (Å²) >= 11 is 0. The summed E-state index contributed by atoms with van der Waals surface area (Å²) in [6.07, 6.45) is 0. The van der Waals surface area contributed by atoms with Crippen molar-refractivity contribution in [2.75, 3.05) is 0 Å². The molecule has 0 bridgehead atoms. The van der Waals surface area contributed by atoms with Crippen LogP contribution in [0.1, 0.15) is 22.6 Å². The van der Waals surface area contributed by atoms with Gasteiger partial charge in [0.1, 0.15) is 0 Å². The Morgan fingerprint density at radius 1 is 0.160 bits per heavy atom. The molecule has 0 N–H and O–H groups in total. The van der Waals surface area contributed by atoms with E-state index in [1.54, 1.807) is 0 Å². The van der Waals surface area contributed by atoms with E-state index in [0.29, 0.717) is 0 Å². The van der Waals surface area contributed by atoms with Crippen molar-refractivity contribution < 1.29 is 0 Å². The second-order valence-corrected chi connectivity index (χ2v) is 27.8. The van der Waals surface area contributed by atoms with Crippen molar-refractivity contribution in [2.45, 2.75) is 5.92 Å². The third-order valence-electron chi connectivity index (χ3n) is 21.8. The molecule has 20 aromatic rings. The van der Waals surface area contributed by atoms with Crippen molar-refractivity contribution in [3.63, 3.8) is 0 Å². The normalized spacial score (nSPS) is 12.4. The summed E-state index contributed by atoms with van der Waals surface area (Å²) in [4.78, 5) is 0. The second kappa shape index (κ2) is 26.2. The first-order chi connectivity index (χ1) is 52.6. The number of benzene rings is 17. The van der Waals surface area contributed by atoms with E-state index in [9.17, 15) is 0 Å². The number of para-hydroxylation sites is 4. The van der Waals surface area contributed by atoms with Crippen LogP contribution >= 0.6 is 0 Å². The van der Waals surface area contributed by atoms with Gasteiger partial charge in [0, 0.05) is 55.3 Å². The molecule has 3 aromatic heterocycles. The number of hydrogen-bond acceptors (Lipinski definition) is 0. The molecule has 0 amide bonds. The van der Waals surface area contributed by atoms with E-state index < -0.39 is 0 Å². The minimum absolute atomic E-state index is 0.239. The highest BCUT2D eigenvalue weighted by Gasteiger charge is 2.31. The molecule has 0 saturated carbocycles. The van der Waals surface area contributed by atoms with Gasteiger partial charge in [-0.25, -0.2) is 0 Å². The van der Waals surface area contributed by atoms with Crippen LogP contribution in [-0.4, -0.2) is 13.7 Å². The van der Waals surface area contributed by atoms with Gasteiger partial charge in [0.25, 0.3) is 0 Å². The van der Waals surface area contributed by atoms with Crippen molar-refractivity contribution in [2.24, 2.45) is 0 Å². The van der Waals surface area contributed by atoms with Gasteiger partial charge in [-0.15, -0.1) is 0 Å². The fourth-order valence-electron chi connectivity index (χ4n) is 16.9. The number of aromatic nitrogens is 3. The van der Waals surface area contributed by atoms with Gasteiger partial charge in [-0.3, -0.25) is 0 Å². The number of nitrogens with zero attached hydrogens (tertiary/aromatic N) is 3.